The Morgan fingerprint density at radius 3 is 2.67 bits per heavy atom. The van der Waals surface area contributed by atoms with Gasteiger partial charge < -0.3 is 9.84 Å². The van der Waals surface area contributed by atoms with Gasteiger partial charge in [-0.05, 0) is 18.1 Å². The van der Waals surface area contributed by atoms with Crippen molar-refractivity contribution in [3.8, 4) is 0 Å². The van der Waals surface area contributed by atoms with Crippen molar-refractivity contribution in [3.63, 3.8) is 0 Å². The van der Waals surface area contributed by atoms with E-state index in [1.54, 1.807) is 6.92 Å². The summed E-state index contributed by atoms with van der Waals surface area (Å²) in [6.45, 7) is 2.59. The van der Waals surface area contributed by atoms with Gasteiger partial charge in [-0.25, -0.2) is 4.79 Å². The number of carboxylic acids is 1. The number of hydrogen-bond acceptors (Lipinski definition) is 2. The minimum absolute atomic E-state index is 0.348. The average molecular weight is 206 g/mol. The Labute approximate surface area is 89.0 Å². The number of aliphatic carboxylic acids is 1. The van der Waals surface area contributed by atoms with Gasteiger partial charge in [0.2, 0.25) is 0 Å². The molecule has 0 aliphatic heterocycles. The number of carbonyl (C=O) groups is 1. The second kappa shape index (κ2) is 5.98. The van der Waals surface area contributed by atoms with Gasteiger partial charge in [0.1, 0.15) is 0 Å². The lowest BCUT2D eigenvalue weighted by Gasteiger charge is -2.03. The molecule has 1 aromatic carbocycles. The molecule has 0 heterocycles. The van der Waals surface area contributed by atoms with Crippen LogP contribution in [0.1, 0.15) is 12.5 Å². The largest absolute Gasteiger partial charge is 0.478 e. The molecule has 3 heteroatoms. The zero-order valence-electron chi connectivity index (χ0n) is 8.64. The van der Waals surface area contributed by atoms with Gasteiger partial charge in [0, 0.05) is 6.08 Å². The Balaban J connectivity index is 2.31. The molecule has 0 unspecified atom stereocenters. The standard InChI is InChI=1S/C12H14O3/c1-10(7-12(13)14)8-15-9-11-5-3-2-4-6-11/h2-7H,8-9H2,1H3,(H,13,14)/b10-7-. The summed E-state index contributed by atoms with van der Waals surface area (Å²) in [6.07, 6.45) is 1.16. The summed E-state index contributed by atoms with van der Waals surface area (Å²) in [5.41, 5.74) is 1.79. The predicted octanol–water partition coefficient (Wildman–Crippen LogP) is 2.23. The molecule has 0 aliphatic rings. The number of benzene rings is 1. The molecule has 15 heavy (non-hydrogen) atoms. The first kappa shape index (κ1) is 11.5. The number of ether oxygens (including phenoxy) is 1. The molecule has 1 rings (SSSR count). The lowest BCUT2D eigenvalue weighted by atomic mass is 10.2. The fraction of sp³-hybridized carbons (Fsp3) is 0.250. The van der Waals surface area contributed by atoms with Crippen LogP contribution in [0.2, 0.25) is 0 Å². The van der Waals surface area contributed by atoms with Gasteiger partial charge in [0.25, 0.3) is 0 Å². The van der Waals surface area contributed by atoms with Crippen LogP contribution in [0.5, 0.6) is 0 Å². The van der Waals surface area contributed by atoms with E-state index in [1.807, 2.05) is 30.3 Å². The maximum Gasteiger partial charge on any atom is 0.328 e. The van der Waals surface area contributed by atoms with E-state index in [4.69, 9.17) is 9.84 Å². The van der Waals surface area contributed by atoms with Crippen molar-refractivity contribution in [3.05, 3.63) is 47.5 Å². The maximum atomic E-state index is 10.3. The first-order valence-corrected chi connectivity index (χ1v) is 4.70. The van der Waals surface area contributed by atoms with Crippen molar-refractivity contribution in [1.82, 2.24) is 0 Å². The van der Waals surface area contributed by atoms with E-state index < -0.39 is 5.97 Å². The molecule has 0 spiro atoms. The molecular formula is C12H14O3. The van der Waals surface area contributed by atoms with Crippen molar-refractivity contribution >= 4 is 5.97 Å². The molecule has 80 valence electrons. The van der Waals surface area contributed by atoms with Gasteiger partial charge in [0.05, 0.1) is 13.2 Å². The fourth-order valence-corrected chi connectivity index (χ4v) is 1.16. The van der Waals surface area contributed by atoms with E-state index in [9.17, 15) is 4.79 Å². The molecule has 1 N–H and O–H groups in total. The molecule has 0 saturated carbocycles. The third kappa shape index (κ3) is 4.98. The molecular weight excluding hydrogens is 192 g/mol. The minimum atomic E-state index is -0.934. The SMILES string of the molecule is C/C(=C/C(=O)O)COCc1ccccc1. The highest BCUT2D eigenvalue weighted by atomic mass is 16.5. The lowest BCUT2D eigenvalue weighted by Crippen LogP contribution is -1.99. The maximum absolute atomic E-state index is 10.3. The van der Waals surface area contributed by atoms with Crippen LogP contribution in [0.25, 0.3) is 0 Å². The summed E-state index contributed by atoms with van der Waals surface area (Å²) in [4.78, 5) is 10.3. The first-order valence-electron chi connectivity index (χ1n) is 4.70. The minimum Gasteiger partial charge on any atom is -0.478 e. The Bertz CT molecular complexity index is 341. The van der Waals surface area contributed by atoms with Gasteiger partial charge in [-0.15, -0.1) is 0 Å². The van der Waals surface area contributed by atoms with Crippen LogP contribution >= 0.6 is 0 Å². The molecule has 0 aromatic heterocycles. The molecule has 0 saturated heterocycles. The van der Waals surface area contributed by atoms with Crippen molar-refractivity contribution in [2.24, 2.45) is 0 Å². The Morgan fingerprint density at radius 1 is 1.40 bits per heavy atom. The van der Waals surface area contributed by atoms with Crippen LogP contribution in [-0.4, -0.2) is 17.7 Å². The van der Waals surface area contributed by atoms with Crippen molar-refractivity contribution in [2.45, 2.75) is 13.5 Å². The molecule has 0 amide bonds. The summed E-state index contributed by atoms with van der Waals surface area (Å²) in [6, 6.07) is 9.77. The van der Waals surface area contributed by atoms with Gasteiger partial charge in [-0.3, -0.25) is 0 Å². The van der Waals surface area contributed by atoms with E-state index >= 15 is 0 Å². The summed E-state index contributed by atoms with van der Waals surface area (Å²) >= 11 is 0. The Hall–Kier alpha value is -1.61. The van der Waals surface area contributed by atoms with E-state index in [2.05, 4.69) is 0 Å². The normalized spacial score (nSPS) is 11.4. The summed E-state index contributed by atoms with van der Waals surface area (Å²) < 4.78 is 5.35. The van der Waals surface area contributed by atoms with E-state index in [-0.39, 0.29) is 0 Å². The second-order valence-corrected chi connectivity index (χ2v) is 3.31. The molecule has 0 bridgehead atoms. The zero-order chi connectivity index (χ0) is 11.1. The van der Waals surface area contributed by atoms with Crippen molar-refractivity contribution < 1.29 is 14.6 Å². The van der Waals surface area contributed by atoms with Crippen molar-refractivity contribution in [2.75, 3.05) is 6.61 Å². The third-order valence-electron chi connectivity index (χ3n) is 1.81. The van der Waals surface area contributed by atoms with Crippen LogP contribution in [0, 0.1) is 0 Å². The van der Waals surface area contributed by atoms with Crippen LogP contribution < -0.4 is 0 Å². The van der Waals surface area contributed by atoms with E-state index in [1.165, 1.54) is 0 Å². The quantitative estimate of drug-likeness (QED) is 0.751. The zero-order valence-corrected chi connectivity index (χ0v) is 8.64. The Morgan fingerprint density at radius 2 is 2.07 bits per heavy atom. The summed E-state index contributed by atoms with van der Waals surface area (Å²) in [5, 5.41) is 8.47. The van der Waals surface area contributed by atoms with Gasteiger partial charge in [0.15, 0.2) is 0 Å². The summed E-state index contributed by atoms with van der Waals surface area (Å²) in [5.74, 6) is -0.934. The van der Waals surface area contributed by atoms with Crippen LogP contribution in [0.3, 0.4) is 0 Å². The van der Waals surface area contributed by atoms with Crippen LogP contribution in [0.15, 0.2) is 42.0 Å². The lowest BCUT2D eigenvalue weighted by molar-refractivity contribution is -0.131. The highest BCUT2D eigenvalue weighted by molar-refractivity contribution is 5.80. The van der Waals surface area contributed by atoms with E-state index in [0.29, 0.717) is 18.8 Å². The molecule has 0 fully saturated rings. The number of hydrogen-bond donors (Lipinski definition) is 1. The summed E-state index contributed by atoms with van der Waals surface area (Å²) in [7, 11) is 0. The molecule has 0 aliphatic carbocycles. The predicted molar refractivity (Wildman–Crippen MR) is 57.5 cm³/mol. The smallest absolute Gasteiger partial charge is 0.328 e. The monoisotopic (exact) mass is 206 g/mol. The van der Waals surface area contributed by atoms with E-state index in [0.717, 1.165) is 11.6 Å². The highest BCUT2D eigenvalue weighted by Gasteiger charge is 1.95. The van der Waals surface area contributed by atoms with Gasteiger partial charge in [-0.2, -0.15) is 0 Å². The first-order chi connectivity index (χ1) is 7.18. The molecule has 0 atom stereocenters. The topological polar surface area (TPSA) is 46.5 Å². The highest BCUT2D eigenvalue weighted by Crippen LogP contribution is 2.02. The number of carboxylic acid groups (broad SMARTS) is 1. The Kier molecular flexibility index (Phi) is 4.57. The molecule has 3 nitrogen and oxygen atoms in total. The number of rotatable bonds is 5. The average Bonchev–Trinajstić information content (AvgIpc) is 2.18. The third-order valence-corrected chi connectivity index (χ3v) is 1.81. The second-order valence-electron chi connectivity index (χ2n) is 3.31. The van der Waals surface area contributed by atoms with Crippen LogP contribution in [-0.2, 0) is 16.1 Å². The van der Waals surface area contributed by atoms with Gasteiger partial charge >= 0.3 is 5.97 Å². The fourth-order valence-electron chi connectivity index (χ4n) is 1.16. The van der Waals surface area contributed by atoms with Crippen molar-refractivity contribution in [1.29, 1.82) is 0 Å². The van der Waals surface area contributed by atoms with Gasteiger partial charge in [-0.1, -0.05) is 30.3 Å². The molecule has 0 radical (unpaired) electrons. The van der Waals surface area contributed by atoms with Crippen LogP contribution in [0.4, 0.5) is 0 Å². The molecule has 1 aromatic rings.